The van der Waals surface area contributed by atoms with Gasteiger partial charge < -0.3 is 10.7 Å². The molecule has 2 aromatic rings. The lowest BCUT2D eigenvalue weighted by Gasteiger charge is -2.11. The largest absolute Gasteiger partial charge is 0.340 e. The van der Waals surface area contributed by atoms with Crippen LogP contribution < -0.4 is 16.6 Å². The molecule has 0 aliphatic heterocycles. The van der Waals surface area contributed by atoms with Crippen molar-refractivity contribution < 1.29 is 0 Å². The lowest BCUT2D eigenvalue weighted by Crippen LogP contribution is -2.12. The van der Waals surface area contributed by atoms with Crippen LogP contribution in [0.3, 0.4) is 0 Å². The van der Waals surface area contributed by atoms with Gasteiger partial charge in [-0.2, -0.15) is 0 Å². The molecule has 0 unspecified atom stereocenters. The number of benzene rings is 1. The summed E-state index contributed by atoms with van der Waals surface area (Å²) >= 11 is 2.27. The van der Waals surface area contributed by atoms with Gasteiger partial charge >= 0.3 is 0 Å². The van der Waals surface area contributed by atoms with E-state index in [9.17, 15) is 0 Å². The Bertz CT molecular complexity index is 553. The molecule has 19 heavy (non-hydrogen) atoms. The standard InChI is InChI=1S/C13H16IN5/c1-8(2)13-17-11(7-12(18-13)19-15)16-10-5-3-9(14)4-6-10/h3-8H,15H2,1-2H3,(H2,16,17,18,19). The van der Waals surface area contributed by atoms with E-state index in [2.05, 4.69) is 43.3 Å². The van der Waals surface area contributed by atoms with Gasteiger partial charge in [0.25, 0.3) is 0 Å². The highest BCUT2D eigenvalue weighted by atomic mass is 127. The van der Waals surface area contributed by atoms with Crippen molar-refractivity contribution in [2.24, 2.45) is 5.84 Å². The van der Waals surface area contributed by atoms with E-state index in [0.29, 0.717) is 5.82 Å². The molecular formula is C13H16IN5. The first-order chi connectivity index (χ1) is 9.08. The summed E-state index contributed by atoms with van der Waals surface area (Å²) in [6.07, 6.45) is 0. The van der Waals surface area contributed by atoms with Crippen LogP contribution in [0.5, 0.6) is 0 Å². The SMILES string of the molecule is CC(C)c1nc(NN)cc(Nc2ccc(I)cc2)n1. The molecule has 0 bridgehead atoms. The van der Waals surface area contributed by atoms with E-state index in [-0.39, 0.29) is 5.92 Å². The summed E-state index contributed by atoms with van der Waals surface area (Å²) < 4.78 is 1.19. The number of halogens is 1. The molecule has 2 rings (SSSR count). The number of nitrogen functional groups attached to an aromatic ring is 1. The third-order valence-corrected chi connectivity index (χ3v) is 3.24. The number of rotatable bonds is 4. The fourth-order valence-electron chi connectivity index (χ4n) is 1.54. The summed E-state index contributed by atoms with van der Waals surface area (Å²) in [5, 5.41) is 3.25. The molecule has 0 atom stereocenters. The van der Waals surface area contributed by atoms with E-state index in [1.807, 2.05) is 38.1 Å². The maximum atomic E-state index is 5.43. The topological polar surface area (TPSA) is 75.9 Å². The Balaban J connectivity index is 2.28. The van der Waals surface area contributed by atoms with Gasteiger partial charge in [-0.05, 0) is 46.9 Å². The van der Waals surface area contributed by atoms with E-state index in [1.165, 1.54) is 3.57 Å². The first-order valence-corrected chi connectivity index (χ1v) is 7.04. The normalized spacial score (nSPS) is 10.6. The minimum Gasteiger partial charge on any atom is -0.340 e. The van der Waals surface area contributed by atoms with E-state index in [1.54, 1.807) is 6.07 Å². The second-order valence-corrected chi connectivity index (χ2v) is 5.67. The second kappa shape index (κ2) is 6.16. The van der Waals surface area contributed by atoms with Crippen LogP contribution in [0.4, 0.5) is 17.3 Å². The Morgan fingerprint density at radius 2 is 1.74 bits per heavy atom. The molecule has 0 amide bonds. The second-order valence-electron chi connectivity index (χ2n) is 4.43. The monoisotopic (exact) mass is 369 g/mol. The van der Waals surface area contributed by atoms with Gasteiger partial charge in [0.15, 0.2) is 0 Å². The number of hydrazine groups is 1. The van der Waals surface area contributed by atoms with Gasteiger partial charge in [-0.3, -0.25) is 0 Å². The lowest BCUT2D eigenvalue weighted by molar-refractivity contribution is 0.777. The molecule has 4 N–H and O–H groups in total. The molecule has 0 spiro atoms. The molecule has 6 heteroatoms. The van der Waals surface area contributed by atoms with E-state index in [0.717, 1.165) is 17.3 Å². The van der Waals surface area contributed by atoms with Crippen molar-refractivity contribution in [2.75, 3.05) is 10.7 Å². The highest BCUT2D eigenvalue weighted by molar-refractivity contribution is 14.1. The fraction of sp³-hybridized carbons (Fsp3) is 0.231. The maximum absolute atomic E-state index is 5.43. The predicted molar refractivity (Wildman–Crippen MR) is 86.4 cm³/mol. The number of hydrogen-bond donors (Lipinski definition) is 3. The third-order valence-electron chi connectivity index (χ3n) is 2.52. The molecule has 100 valence electrons. The van der Waals surface area contributed by atoms with Crippen LogP contribution >= 0.6 is 22.6 Å². The first kappa shape index (κ1) is 14.0. The average molecular weight is 369 g/mol. The molecule has 1 aromatic carbocycles. The van der Waals surface area contributed by atoms with E-state index < -0.39 is 0 Å². The zero-order chi connectivity index (χ0) is 13.8. The molecule has 0 aliphatic carbocycles. The molecule has 5 nitrogen and oxygen atoms in total. The van der Waals surface area contributed by atoms with Gasteiger partial charge in [-0.25, -0.2) is 15.8 Å². The van der Waals surface area contributed by atoms with Crippen molar-refractivity contribution in [3.8, 4) is 0 Å². The molecular weight excluding hydrogens is 353 g/mol. The minimum atomic E-state index is 0.241. The Hall–Kier alpha value is -1.41. The van der Waals surface area contributed by atoms with Crippen molar-refractivity contribution in [3.63, 3.8) is 0 Å². The first-order valence-electron chi connectivity index (χ1n) is 5.96. The average Bonchev–Trinajstić information content (AvgIpc) is 2.41. The predicted octanol–water partition coefficient (Wildman–Crippen LogP) is 3.23. The van der Waals surface area contributed by atoms with Gasteiger partial charge in [0, 0.05) is 21.2 Å². The van der Waals surface area contributed by atoms with Crippen LogP contribution in [-0.2, 0) is 0 Å². The molecule has 1 aromatic heterocycles. The summed E-state index contributed by atoms with van der Waals surface area (Å²) in [6.45, 7) is 4.09. The number of hydrogen-bond acceptors (Lipinski definition) is 5. The van der Waals surface area contributed by atoms with E-state index >= 15 is 0 Å². The number of anilines is 3. The summed E-state index contributed by atoms with van der Waals surface area (Å²) in [5.74, 6) is 7.76. The van der Waals surface area contributed by atoms with Crippen LogP contribution in [0, 0.1) is 3.57 Å². The van der Waals surface area contributed by atoms with Crippen LogP contribution in [0.1, 0.15) is 25.6 Å². The third kappa shape index (κ3) is 3.77. The highest BCUT2D eigenvalue weighted by Gasteiger charge is 2.07. The van der Waals surface area contributed by atoms with Crippen molar-refractivity contribution in [3.05, 3.63) is 39.7 Å². The molecule has 0 radical (unpaired) electrons. The molecule has 0 saturated carbocycles. The van der Waals surface area contributed by atoms with Gasteiger partial charge in [0.1, 0.15) is 17.5 Å². The van der Waals surface area contributed by atoms with Crippen molar-refractivity contribution in [2.45, 2.75) is 19.8 Å². The van der Waals surface area contributed by atoms with Crippen molar-refractivity contribution in [1.29, 1.82) is 0 Å². The van der Waals surface area contributed by atoms with E-state index in [4.69, 9.17) is 5.84 Å². The number of nitrogens with zero attached hydrogens (tertiary/aromatic N) is 2. The van der Waals surface area contributed by atoms with Gasteiger partial charge in [0.2, 0.25) is 0 Å². The zero-order valence-corrected chi connectivity index (χ0v) is 13.0. The molecule has 0 aliphatic rings. The molecule has 0 fully saturated rings. The molecule has 0 saturated heterocycles. The Morgan fingerprint density at radius 3 is 2.32 bits per heavy atom. The summed E-state index contributed by atoms with van der Waals surface area (Å²) in [4.78, 5) is 8.80. The molecule has 1 heterocycles. The van der Waals surface area contributed by atoms with Crippen molar-refractivity contribution >= 4 is 39.9 Å². The minimum absolute atomic E-state index is 0.241. The van der Waals surface area contributed by atoms with Gasteiger partial charge in [-0.15, -0.1) is 0 Å². The number of nitrogens with two attached hydrogens (primary N) is 1. The van der Waals surface area contributed by atoms with Crippen LogP contribution in [0.15, 0.2) is 30.3 Å². The lowest BCUT2D eigenvalue weighted by atomic mass is 10.2. The quantitative estimate of drug-likeness (QED) is 0.438. The Labute approximate surface area is 126 Å². The smallest absolute Gasteiger partial charge is 0.145 e. The zero-order valence-electron chi connectivity index (χ0n) is 10.8. The summed E-state index contributed by atoms with van der Waals surface area (Å²) in [5.41, 5.74) is 3.55. The van der Waals surface area contributed by atoms with Gasteiger partial charge in [-0.1, -0.05) is 13.8 Å². The summed E-state index contributed by atoms with van der Waals surface area (Å²) in [6, 6.07) is 9.87. The highest BCUT2D eigenvalue weighted by Crippen LogP contribution is 2.20. The fourth-order valence-corrected chi connectivity index (χ4v) is 1.90. The Morgan fingerprint density at radius 1 is 1.11 bits per heavy atom. The Kier molecular flexibility index (Phi) is 4.54. The summed E-state index contributed by atoms with van der Waals surface area (Å²) in [7, 11) is 0. The van der Waals surface area contributed by atoms with Gasteiger partial charge in [0.05, 0.1) is 0 Å². The number of aromatic nitrogens is 2. The van der Waals surface area contributed by atoms with Crippen molar-refractivity contribution in [1.82, 2.24) is 9.97 Å². The van der Waals surface area contributed by atoms with Crippen LogP contribution in [-0.4, -0.2) is 9.97 Å². The van der Waals surface area contributed by atoms with Crippen LogP contribution in [0.2, 0.25) is 0 Å². The van der Waals surface area contributed by atoms with Crippen LogP contribution in [0.25, 0.3) is 0 Å². The number of nitrogens with one attached hydrogen (secondary N) is 2. The maximum Gasteiger partial charge on any atom is 0.145 e.